The van der Waals surface area contributed by atoms with Crippen LogP contribution in [-0.2, 0) is 4.74 Å². The van der Waals surface area contributed by atoms with Gasteiger partial charge in [-0.1, -0.05) is 26.2 Å². The first-order valence-electron chi connectivity index (χ1n) is 9.48. The highest BCUT2D eigenvalue weighted by molar-refractivity contribution is 5.68. The van der Waals surface area contributed by atoms with E-state index in [1.807, 2.05) is 25.7 Å². The number of likely N-dealkylation sites (tertiary alicyclic amines) is 1. The van der Waals surface area contributed by atoms with E-state index < -0.39 is 5.60 Å². The lowest BCUT2D eigenvalue weighted by molar-refractivity contribution is 0.0214. The average Bonchev–Trinajstić information content (AvgIpc) is 2.85. The zero-order valence-electron chi connectivity index (χ0n) is 16.2. The Morgan fingerprint density at radius 1 is 1.26 bits per heavy atom. The molecule has 0 saturated carbocycles. The maximum Gasteiger partial charge on any atom is 0.410 e. The van der Waals surface area contributed by atoms with Crippen LogP contribution in [0.15, 0.2) is 0 Å². The number of carbonyl (C=O) groups excluding carboxylic acids is 1. The van der Waals surface area contributed by atoms with Crippen molar-refractivity contribution in [2.75, 3.05) is 6.54 Å². The van der Waals surface area contributed by atoms with Crippen molar-refractivity contribution in [2.24, 2.45) is 0 Å². The number of ether oxygens (including phenoxy) is 1. The second kappa shape index (κ2) is 9.51. The molecule has 1 heterocycles. The minimum absolute atomic E-state index is 0.150. The predicted octanol–water partition coefficient (Wildman–Crippen LogP) is 4.72. The third-order valence-electron chi connectivity index (χ3n) is 4.44. The van der Waals surface area contributed by atoms with Crippen molar-refractivity contribution in [3.05, 3.63) is 0 Å². The molecule has 4 nitrogen and oxygen atoms in total. The summed E-state index contributed by atoms with van der Waals surface area (Å²) >= 11 is 0. The molecular formula is C19H38N2O2. The van der Waals surface area contributed by atoms with Gasteiger partial charge in [0.15, 0.2) is 0 Å². The van der Waals surface area contributed by atoms with Crippen LogP contribution in [0.5, 0.6) is 0 Å². The van der Waals surface area contributed by atoms with Gasteiger partial charge in [-0.15, -0.1) is 0 Å². The summed E-state index contributed by atoms with van der Waals surface area (Å²) in [4.78, 5) is 14.3. The second-order valence-corrected chi connectivity index (χ2v) is 8.17. The molecule has 136 valence electrons. The maximum absolute atomic E-state index is 12.3. The lowest BCUT2D eigenvalue weighted by atomic mass is 10.0. The van der Waals surface area contributed by atoms with Crippen LogP contribution in [0.1, 0.15) is 86.5 Å². The lowest BCUT2D eigenvalue weighted by Gasteiger charge is -2.30. The van der Waals surface area contributed by atoms with Crippen LogP contribution in [0, 0.1) is 0 Å². The maximum atomic E-state index is 12.3. The molecule has 3 unspecified atom stereocenters. The Kier molecular flexibility index (Phi) is 8.38. The molecular weight excluding hydrogens is 288 g/mol. The average molecular weight is 327 g/mol. The van der Waals surface area contributed by atoms with Gasteiger partial charge in [-0.3, -0.25) is 0 Å². The van der Waals surface area contributed by atoms with Gasteiger partial charge < -0.3 is 15.0 Å². The number of carbonyl (C=O) groups is 1. The fourth-order valence-corrected chi connectivity index (χ4v) is 3.39. The van der Waals surface area contributed by atoms with Crippen LogP contribution < -0.4 is 5.32 Å². The lowest BCUT2D eigenvalue weighted by Crippen LogP contribution is -2.44. The number of hydrogen-bond donors (Lipinski definition) is 1. The van der Waals surface area contributed by atoms with Crippen molar-refractivity contribution in [3.63, 3.8) is 0 Å². The van der Waals surface area contributed by atoms with Crippen molar-refractivity contribution >= 4 is 6.09 Å². The summed E-state index contributed by atoms with van der Waals surface area (Å²) in [6.45, 7) is 13.4. The van der Waals surface area contributed by atoms with E-state index in [2.05, 4.69) is 26.1 Å². The van der Waals surface area contributed by atoms with Gasteiger partial charge in [0, 0.05) is 24.7 Å². The fraction of sp³-hybridized carbons (Fsp3) is 0.947. The number of nitrogens with zero attached hydrogens (tertiary/aromatic N) is 1. The molecule has 4 heteroatoms. The molecule has 0 aromatic heterocycles. The van der Waals surface area contributed by atoms with Crippen LogP contribution in [0.25, 0.3) is 0 Å². The smallest absolute Gasteiger partial charge is 0.410 e. The van der Waals surface area contributed by atoms with Crippen LogP contribution >= 0.6 is 0 Å². The molecule has 0 spiro atoms. The molecule has 1 aliphatic rings. The first-order valence-corrected chi connectivity index (χ1v) is 9.48. The quantitative estimate of drug-likeness (QED) is 0.656. The summed E-state index contributed by atoms with van der Waals surface area (Å²) < 4.78 is 5.55. The van der Waals surface area contributed by atoms with E-state index in [9.17, 15) is 4.79 Å². The zero-order chi connectivity index (χ0) is 17.5. The van der Waals surface area contributed by atoms with Crippen molar-refractivity contribution in [3.8, 4) is 0 Å². The Hall–Kier alpha value is -0.770. The Morgan fingerprint density at radius 3 is 2.57 bits per heavy atom. The molecule has 0 aromatic rings. The second-order valence-electron chi connectivity index (χ2n) is 8.17. The predicted molar refractivity (Wildman–Crippen MR) is 96.8 cm³/mol. The number of hydrogen-bond acceptors (Lipinski definition) is 3. The van der Waals surface area contributed by atoms with Crippen molar-refractivity contribution in [2.45, 2.75) is 110 Å². The highest BCUT2D eigenvalue weighted by atomic mass is 16.6. The van der Waals surface area contributed by atoms with Gasteiger partial charge in [-0.25, -0.2) is 4.79 Å². The highest BCUT2D eigenvalue weighted by Gasteiger charge is 2.32. The monoisotopic (exact) mass is 326 g/mol. The van der Waals surface area contributed by atoms with Gasteiger partial charge in [0.05, 0.1) is 0 Å². The van der Waals surface area contributed by atoms with Crippen LogP contribution in [0.2, 0.25) is 0 Å². The SMILES string of the molecule is CCCCCC(C)NC(C)CC1CCCN1C(=O)OC(C)(C)C. The topological polar surface area (TPSA) is 41.6 Å². The van der Waals surface area contributed by atoms with Crippen molar-refractivity contribution in [1.29, 1.82) is 0 Å². The molecule has 1 amide bonds. The third kappa shape index (κ3) is 8.05. The first kappa shape index (κ1) is 20.3. The van der Waals surface area contributed by atoms with Gasteiger partial charge in [-0.05, 0) is 60.3 Å². The molecule has 1 fully saturated rings. The molecule has 3 atom stereocenters. The van der Waals surface area contributed by atoms with E-state index in [0.29, 0.717) is 18.1 Å². The Bertz CT molecular complexity index is 352. The molecule has 1 saturated heterocycles. The van der Waals surface area contributed by atoms with Crippen LogP contribution in [0.4, 0.5) is 4.79 Å². The molecule has 1 rings (SSSR count). The van der Waals surface area contributed by atoms with E-state index in [0.717, 1.165) is 25.8 Å². The number of unbranched alkanes of at least 4 members (excludes halogenated alkanes) is 2. The standard InChI is InChI=1S/C19H38N2O2/c1-7-8-9-11-15(2)20-16(3)14-17-12-10-13-21(17)18(22)23-19(4,5)6/h15-17,20H,7-14H2,1-6H3. The Balaban J connectivity index is 2.40. The minimum Gasteiger partial charge on any atom is -0.444 e. The van der Waals surface area contributed by atoms with Crippen molar-refractivity contribution in [1.82, 2.24) is 10.2 Å². The fourth-order valence-electron chi connectivity index (χ4n) is 3.39. The van der Waals surface area contributed by atoms with Gasteiger partial charge in [0.1, 0.15) is 5.60 Å². The van der Waals surface area contributed by atoms with Crippen LogP contribution in [0.3, 0.4) is 0 Å². The largest absolute Gasteiger partial charge is 0.444 e. The molecule has 1 N–H and O–H groups in total. The number of amides is 1. The molecule has 1 aliphatic heterocycles. The van der Waals surface area contributed by atoms with Gasteiger partial charge in [0.2, 0.25) is 0 Å². The Morgan fingerprint density at radius 2 is 1.96 bits per heavy atom. The van der Waals surface area contributed by atoms with Crippen molar-refractivity contribution < 1.29 is 9.53 Å². The highest BCUT2D eigenvalue weighted by Crippen LogP contribution is 2.24. The molecule has 23 heavy (non-hydrogen) atoms. The number of rotatable bonds is 8. The summed E-state index contributed by atoms with van der Waals surface area (Å²) in [5, 5.41) is 3.69. The minimum atomic E-state index is -0.415. The summed E-state index contributed by atoms with van der Waals surface area (Å²) in [7, 11) is 0. The molecule has 0 aromatic carbocycles. The summed E-state index contributed by atoms with van der Waals surface area (Å²) in [6.07, 6.45) is 8.16. The normalized spacial score (nSPS) is 21.3. The van der Waals surface area contributed by atoms with Crippen LogP contribution in [-0.4, -0.2) is 41.3 Å². The van der Waals surface area contributed by atoms with Gasteiger partial charge in [0.25, 0.3) is 0 Å². The van der Waals surface area contributed by atoms with E-state index in [-0.39, 0.29) is 6.09 Å². The van der Waals surface area contributed by atoms with Gasteiger partial charge >= 0.3 is 6.09 Å². The molecule has 0 radical (unpaired) electrons. The van der Waals surface area contributed by atoms with E-state index >= 15 is 0 Å². The molecule has 0 aliphatic carbocycles. The summed E-state index contributed by atoms with van der Waals surface area (Å²) in [6, 6.07) is 1.29. The van der Waals surface area contributed by atoms with E-state index in [1.54, 1.807) is 0 Å². The summed E-state index contributed by atoms with van der Waals surface area (Å²) in [5.41, 5.74) is -0.415. The van der Waals surface area contributed by atoms with E-state index in [1.165, 1.54) is 25.7 Å². The van der Waals surface area contributed by atoms with Gasteiger partial charge in [-0.2, -0.15) is 0 Å². The summed E-state index contributed by atoms with van der Waals surface area (Å²) in [5.74, 6) is 0. The first-order chi connectivity index (χ1) is 10.7. The zero-order valence-corrected chi connectivity index (χ0v) is 16.2. The molecule has 0 bridgehead atoms. The number of nitrogens with one attached hydrogen (secondary N) is 1. The van der Waals surface area contributed by atoms with E-state index in [4.69, 9.17) is 4.74 Å². The third-order valence-corrected chi connectivity index (χ3v) is 4.44. The Labute approximate surface area is 143 Å².